The normalized spacial score (nSPS) is 10.4. The van der Waals surface area contributed by atoms with Crippen molar-refractivity contribution in [3.63, 3.8) is 0 Å². The number of aromatic nitrogens is 1. The molecule has 2 aromatic carbocycles. The second-order valence-corrected chi connectivity index (χ2v) is 5.20. The molecule has 22 heavy (non-hydrogen) atoms. The number of ether oxygens (including phenoxy) is 1. The smallest absolute Gasteiger partial charge is 0.127 e. The molecule has 0 saturated carbocycles. The number of hydrogen-bond donors (Lipinski definition) is 1. The van der Waals surface area contributed by atoms with Gasteiger partial charge in [0.05, 0.1) is 0 Å². The summed E-state index contributed by atoms with van der Waals surface area (Å²) in [6.07, 6.45) is 1.78. The van der Waals surface area contributed by atoms with Crippen LogP contribution in [0.4, 0.5) is 5.82 Å². The third-order valence-corrected chi connectivity index (χ3v) is 3.55. The summed E-state index contributed by atoms with van der Waals surface area (Å²) in [6, 6.07) is 20.1. The van der Waals surface area contributed by atoms with Crippen LogP contribution in [0.15, 0.2) is 66.9 Å². The van der Waals surface area contributed by atoms with Crippen LogP contribution in [-0.2, 0) is 6.61 Å². The first-order chi connectivity index (χ1) is 10.7. The Morgan fingerprint density at radius 2 is 1.73 bits per heavy atom. The second kappa shape index (κ2) is 6.31. The maximum Gasteiger partial charge on any atom is 0.127 e. The predicted molar refractivity (Wildman–Crippen MR) is 89.6 cm³/mol. The molecular weight excluding hydrogens is 272 g/mol. The average molecular weight is 290 g/mol. The monoisotopic (exact) mass is 290 g/mol. The quantitative estimate of drug-likeness (QED) is 0.782. The number of nitrogens with zero attached hydrogens (tertiary/aromatic N) is 1. The van der Waals surface area contributed by atoms with E-state index in [1.54, 1.807) is 6.20 Å². The van der Waals surface area contributed by atoms with Gasteiger partial charge in [0.15, 0.2) is 0 Å². The molecular formula is C19H18N2O. The highest BCUT2D eigenvalue weighted by Crippen LogP contribution is 2.31. The highest BCUT2D eigenvalue weighted by molar-refractivity contribution is 5.71. The average Bonchev–Trinajstić information content (AvgIpc) is 2.57. The zero-order valence-corrected chi connectivity index (χ0v) is 12.5. The molecule has 1 heterocycles. The Labute approximate surface area is 130 Å². The van der Waals surface area contributed by atoms with Gasteiger partial charge < -0.3 is 10.5 Å². The van der Waals surface area contributed by atoms with Crippen LogP contribution in [0.5, 0.6) is 5.75 Å². The fourth-order valence-electron chi connectivity index (χ4n) is 2.30. The second-order valence-electron chi connectivity index (χ2n) is 5.20. The van der Waals surface area contributed by atoms with Gasteiger partial charge in [0.2, 0.25) is 0 Å². The number of rotatable bonds is 4. The van der Waals surface area contributed by atoms with E-state index in [-0.39, 0.29) is 0 Å². The number of benzene rings is 2. The van der Waals surface area contributed by atoms with Gasteiger partial charge in [0.1, 0.15) is 18.2 Å². The molecule has 3 heteroatoms. The van der Waals surface area contributed by atoms with Crippen LogP contribution in [0.25, 0.3) is 11.1 Å². The van der Waals surface area contributed by atoms with Crippen molar-refractivity contribution >= 4 is 5.82 Å². The van der Waals surface area contributed by atoms with Crippen molar-refractivity contribution < 1.29 is 4.74 Å². The van der Waals surface area contributed by atoms with Gasteiger partial charge in [-0.05, 0) is 30.2 Å². The van der Waals surface area contributed by atoms with Gasteiger partial charge in [0.25, 0.3) is 0 Å². The first-order valence-electron chi connectivity index (χ1n) is 7.22. The van der Waals surface area contributed by atoms with Gasteiger partial charge >= 0.3 is 0 Å². The Balaban J connectivity index is 1.88. The number of aryl methyl sites for hydroxylation is 1. The van der Waals surface area contributed by atoms with E-state index in [9.17, 15) is 0 Å². The first kappa shape index (κ1) is 14.1. The van der Waals surface area contributed by atoms with Crippen LogP contribution >= 0.6 is 0 Å². The lowest BCUT2D eigenvalue weighted by atomic mass is 10.0. The lowest BCUT2D eigenvalue weighted by Crippen LogP contribution is -1.98. The molecule has 0 spiro atoms. The van der Waals surface area contributed by atoms with Gasteiger partial charge in [-0.1, -0.05) is 48.5 Å². The van der Waals surface area contributed by atoms with Crippen LogP contribution in [0, 0.1) is 6.92 Å². The molecule has 0 saturated heterocycles. The molecule has 3 nitrogen and oxygen atoms in total. The molecule has 0 atom stereocenters. The molecule has 0 aliphatic rings. The summed E-state index contributed by atoms with van der Waals surface area (Å²) in [7, 11) is 0. The molecule has 0 aliphatic carbocycles. The van der Waals surface area contributed by atoms with E-state index in [2.05, 4.69) is 17.1 Å². The minimum absolute atomic E-state index is 0.541. The topological polar surface area (TPSA) is 48.1 Å². The fourth-order valence-corrected chi connectivity index (χ4v) is 2.30. The molecule has 0 radical (unpaired) electrons. The van der Waals surface area contributed by atoms with Crippen LogP contribution in [0.2, 0.25) is 0 Å². The Morgan fingerprint density at radius 1 is 1.00 bits per heavy atom. The van der Waals surface area contributed by atoms with E-state index < -0.39 is 0 Å². The van der Waals surface area contributed by atoms with Crippen LogP contribution < -0.4 is 10.5 Å². The van der Waals surface area contributed by atoms with Crippen molar-refractivity contribution in [1.82, 2.24) is 4.98 Å². The summed E-state index contributed by atoms with van der Waals surface area (Å²) in [4.78, 5) is 4.24. The minimum atomic E-state index is 0.541. The van der Waals surface area contributed by atoms with Crippen molar-refractivity contribution in [3.8, 4) is 16.9 Å². The molecule has 0 amide bonds. The number of nitrogen functional groups attached to an aromatic ring is 1. The van der Waals surface area contributed by atoms with Gasteiger partial charge in [-0.25, -0.2) is 4.98 Å². The number of hydrogen-bond acceptors (Lipinski definition) is 3. The largest absolute Gasteiger partial charge is 0.488 e. The number of nitrogens with two attached hydrogens (primary N) is 1. The summed E-state index contributed by atoms with van der Waals surface area (Å²) in [5, 5.41) is 0. The molecule has 0 bridgehead atoms. The summed E-state index contributed by atoms with van der Waals surface area (Å²) in [5.74, 6) is 1.41. The van der Waals surface area contributed by atoms with E-state index in [1.165, 1.54) is 0 Å². The van der Waals surface area contributed by atoms with Gasteiger partial charge in [-0.2, -0.15) is 0 Å². The van der Waals surface area contributed by atoms with E-state index in [4.69, 9.17) is 10.5 Å². The lowest BCUT2D eigenvalue weighted by Gasteiger charge is -2.12. The van der Waals surface area contributed by atoms with Crippen LogP contribution in [0.3, 0.4) is 0 Å². The maximum atomic E-state index is 5.99. The van der Waals surface area contributed by atoms with Gasteiger partial charge in [-0.3, -0.25) is 0 Å². The van der Waals surface area contributed by atoms with Crippen molar-refractivity contribution in [2.24, 2.45) is 0 Å². The van der Waals surface area contributed by atoms with Crippen LogP contribution in [0.1, 0.15) is 11.1 Å². The molecule has 0 unspecified atom stereocenters. The fraction of sp³-hybridized carbons (Fsp3) is 0.105. The lowest BCUT2D eigenvalue weighted by molar-refractivity contribution is 0.307. The Morgan fingerprint density at radius 3 is 2.50 bits per heavy atom. The number of pyridine rings is 1. The Kier molecular flexibility index (Phi) is 4.05. The standard InChI is InChI=1S/C19H18N2O/c1-14-11-16(12-21-19(14)20)17-9-5-6-10-18(17)22-13-15-7-3-2-4-8-15/h2-12H,13H2,1H3,(H2,20,21). The van der Waals surface area contributed by atoms with E-state index in [0.717, 1.165) is 28.0 Å². The van der Waals surface area contributed by atoms with Crippen molar-refractivity contribution in [2.45, 2.75) is 13.5 Å². The predicted octanol–water partition coefficient (Wildman–Crippen LogP) is 4.22. The highest BCUT2D eigenvalue weighted by Gasteiger charge is 2.08. The molecule has 3 aromatic rings. The van der Waals surface area contributed by atoms with Gasteiger partial charge in [-0.15, -0.1) is 0 Å². The van der Waals surface area contributed by atoms with Crippen molar-refractivity contribution in [2.75, 3.05) is 5.73 Å². The highest BCUT2D eigenvalue weighted by atomic mass is 16.5. The first-order valence-corrected chi connectivity index (χ1v) is 7.22. The van der Waals surface area contributed by atoms with E-state index in [0.29, 0.717) is 12.4 Å². The summed E-state index contributed by atoms with van der Waals surface area (Å²) < 4.78 is 5.99. The Bertz CT molecular complexity index is 769. The van der Waals surface area contributed by atoms with Crippen LogP contribution in [-0.4, -0.2) is 4.98 Å². The summed E-state index contributed by atoms with van der Waals surface area (Å²) >= 11 is 0. The van der Waals surface area contributed by atoms with Gasteiger partial charge in [0, 0.05) is 17.3 Å². The molecule has 2 N–H and O–H groups in total. The third-order valence-electron chi connectivity index (χ3n) is 3.55. The molecule has 3 rings (SSSR count). The number of anilines is 1. The number of para-hydroxylation sites is 1. The molecule has 110 valence electrons. The third kappa shape index (κ3) is 3.09. The zero-order valence-electron chi connectivity index (χ0n) is 12.5. The Hall–Kier alpha value is -2.81. The van der Waals surface area contributed by atoms with E-state index >= 15 is 0 Å². The zero-order chi connectivity index (χ0) is 15.4. The molecule has 1 aromatic heterocycles. The maximum absolute atomic E-state index is 5.99. The SMILES string of the molecule is Cc1cc(-c2ccccc2OCc2ccccc2)cnc1N. The molecule has 0 aliphatic heterocycles. The van der Waals surface area contributed by atoms with Crippen molar-refractivity contribution in [1.29, 1.82) is 0 Å². The minimum Gasteiger partial charge on any atom is -0.488 e. The summed E-state index contributed by atoms with van der Waals surface area (Å²) in [6.45, 7) is 2.50. The summed E-state index contributed by atoms with van der Waals surface area (Å²) in [5.41, 5.74) is 9.94. The van der Waals surface area contributed by atoms with Crippen molar-refractivity contribution in [3.05, 3.63) is 78.0 Å². The van der Waals surface area contributed by atoms with E-state index in [1.807, 2.05) is 55.5 Å². The molecule has 0 fully saturated rings.